The third-order valence-corrected chi connectivity index (χ3v) is 3.89. The SMILES string of the molecule is C=C/C(=C\C)Nc1cccc(-c2cccc(C(C)(C)C)c2)c1O.CC. The van der Waals surface area contributed by atoms with Crippen LogP contribution in [0.5, 0.6) is 5.75 Å². The second-order valence-electron chi connectivity index (χ2n) is 6.61. The molecular weight excluding hydrogens is 306 g/mol. The van der Waals surface area contributed by atoms with Gasteiger partial charge in [0.15, 0.2) is 0 Å². The summed E-state index contributed by atoms with van der Waals surface area (Å²) in [5.74, 6) is 0.250. The van der Waals surface area contributed by atoms with E-state index in [9.17, 15) is 5.11 Å². The Morgan fingerprint density at radius 2 is 1.72 bits per heavy atom. The summed E-state index contributed by atoms with van der Waals surface area (Å²) in [6.45, 7) is 16.3. The molecule has 0 aromatic heterocycles. The van der Waals surface area contributed by atoms with Gasteiger partial charge in [0, 0.05) is 11.3 Å². The molecule has 0 saturated carbocycles. The first-order valence-corrected chi connectivity index (χ1v) is 8.85. The fourth-order valence-corrected chi connectivity index (χ4v) is 2.43. The van der Waals surface area contributed by atoms with Crippen LogP contribution in [0.3, 0.4) is 0 Å². The van der Waals surface area contributed by atoms with Gasteiger partial charge in [-0.15, -0.1) is 0 Å². The summed E-state index contributed by atoms with van der Waals surface area (Å²) in [5, 5.41) is 13.8. The molecule has 25 heavy (non-hydrogen) atoms. The van der Waals surface area contributed by atoms with E-state index in [0.29, 0.717) is 5.69 Å². The number of phenols is 1. The molecule has 2 rings (SSSR count). The Kier molecular flexibility index (Phi) is 7.50. The number of hydrogen-bond donors (Lipinski definition) is 2. The Labute approximate surface area is 152 Å². The Hall–Kier alpha value is -2.48. The monoisotopic (exact) mass is 337 g/mol. The average Bonchev–Trinajstić information content (AvgIpc) is 2.62. The standard InChI is InChI=1S/C21H25NO.C2H6/c1-6-17(7-2)22-19-13-9-12-18(20(19)23)15-10-8-11-16(14-15)21(3,4)5;1-2/h6-14,22-23H,1H2,2-5H3;1-2H3/b17-7+;. The minimum absolute atomic E-state index is 0.0719. The molecule has 0 bridgehead atoms. The zero-order valence-electron chi connectivity index (χ0n) is 16.4. The van der Waals surface area contributed by atoms with E-state index in [-0.39, 0.29) is 11.2 Å². The number of para-hydroxylation sites is 1. The Morgan fingerprint density at radius 1 is 1.08 bits per heavy atom. The molecule has 0 radical (unpaired) electrons. The first-order valence-electron chi connectivity index (χ1n) is 8.85. The maximum absolute atomic E-state index is 10.7. The van der Waals surface area contributed by atoms with Gasteiger partial charge < -0.3 is 10.4 Å². The number of rotatable bonds is 4. The summed E-state index contributed by atoms with van der Waals surface area (Å²) in [7, 11) is 0. The maximum atomic E-state index is 10.7. The van der Waals surface area contributed by atoms with Gasteiger partial charge in [-0.1, -0.05) is 83.7 Å². The number of nitrogens with one attached hydrogen (secondary N) is 1. The highest BCUT2D eigenvalue weighted by molar-refractivity contribution is 5.79. The molecule has 2 nitrogen and oxygen atoms in total. The van der Waals surface area contributed by atoms with E-state index in [2.05, 4.69) is 44.8 Å². The molecule has 2 heteroatoms. The highest BCUT2D eigenvalue weighted by Crippen LogP contribution is 2.37. The van der Waals surface area contributed by atoms with Gasteiger partial charge in [-0.2, -0.15) is 0 Å². The van der Waals surface area contributed by atoms with Gasteiger partial charge in [0.2, 0.25) is 0 Å². The smallest absolute Gasteiger partial charge is 0.146 e. The van der Waals surface area contributed by atoms with Crippen molar-refractivity contribution in [2.75, 3.05) is 5.32 Å². The van der Waals surface area contributed by atoms with Gasteiger partial charge >= 0.3 is 0 Å². The average molecular weight is 338 g/mol. The summed E-state index contributed by atoms with van der Waals surface area (Å²) >= 11 is 0. The fraction of sp³-hybridized carbons (Fsp3) is 0.304. The van der Waals surface area contributed by atoms with Gasteiger partial charge in [-0.05, 0) is 35.6 Å². The van der Waals surface area contributed by atoms with Crippen LogP contribution in [-0.2, 0) is 5.41 Å². The zero-order chi connectivity index (χ0) is 19.0. The number of anilines is 1. The van der Waals surface area contributed by atoms with Crippen LogP contribution >= 0.6 is 0 Å². The Balaban J connectivity index is 0.00000151. The molecule has 2 aromatic rings. The third kappa shape index (κ3) is 5.25. The largest absolute Gasteiger partial charge is 0.505 e. The van der Waals surface area contributed by atoms with Crippen molar-refractivity contribution in [1.82, 2.24) is 0 Å². The molecule has 0 aliphatic heterocycles. The molecule has 0 amide bonds. The van der Waals surface area contributed by atoms with E-state index in [0.717, 1.165) is 16.8 Å². The second kappa shape index (κ2) is 9.12. The van der Waals surface area contributed by atoms with E-state index in [1.165, 1.54) is 5.56 Å². The van der Waals surface area contributed by atoms with Gasteiger partial charge in [-0.3, -0.25) is 0 Å². The molecular formula is C23H31NO. The van der Waals surface area contributed by atoms with Crippen LogP contribution in [0.2, 0.25) is 0 Å². The Morgan fingerprint density at radius 3 is 2.28 bits per heavy atom. The normalized spacial score (nSPS) is 11.4. The van der Waals surface area contributed by atoms with Crippen LogP contribution in [0.4, 0.5) is 5.69 Å². The lowest BCUT2D eigenvalue weighted by Gasteiger charge is -2.20. The molecule has 0 spiro atoms. The molecule has 2 N–H and O–H groups in total. The number of hydrogen-bond acceptors (Lipinski definition) is 2. The highest BCUT2D eigenvalue weighted by Gasteiger charge is 2.15. The molecule has 0 heterocycles. The molecule has 134 valence electrons. The number of benzene rings is 2. The van der Waals surface area contributed by atoms with Gasteiger partial charge in [-0.25, -0.2) is 0 Å². The fourth-order valence-electron chi connectivity index (χ4n) is 2.43. The van der Waals surface area contributed by atoms with Gasteiger partial charge in [0.25, 0.3) is 0 Å². The van der Waals surface area contributed by atoms with Crippen molar-refractivity contribution in [2.45, 2.75) is 47.0 Å². The van der Waals surface area contributed by atoms with Crippen LogP contribution in [0.15, 0.2) is 66.9 Å². The summed E-state index contributed by atoms with van der Waals surface area (Å²) in [5.41, 5.74) is 4.69. The summed E-state index contributed by atoms with van der Waals surface area (Å²) in [4.78, 5) is 0. The maximum Gasteiger partial charge on any atom is 0.146 e. The van der Waals surface area contributed by atoms with Crippen molar-refractivity contribution in [1.29, 1.82) is 0 Å². The minimum Gasteiger partial charge on any atom is -0.505 e. The molecule has 0 aliphatic rings. The van der Waals surface area contributed by atoms with Gasteiger partial charge in [0.1, 0.15) is 5.75 Å². The first-order chi connectivity index (χ1) is 11.9. The lowest BCUT2D eigenvalue weighted by Crippen LogP contribution is -2.10. The molecule has 2 aromatic carbocycles. The van der Waals surface area contributed by atoms with E-state index in [4.69, 9.17) is 0 Å². The van der Waals surface area contributed by atoms with Crippen LogP contribution in [0, 0.1) is 0 Å². The number of allylic oxidation sites excluding steroid dienone is 2. The minimum atomic E-state index is 0.0719. The molecule has 0 saturated heterocycles. The molecule has 0 unspecified atom stereocenters. The lowest BCUT2D eigenvalue weighted by molar-refractivity contribution is 0.479. The third-order valence-electron chi connectivity index (χ3n) is 3.89. The predicted octanol–water partition coefficient (Wildman–Crippen LogP) is 6.88. The summed E-state index contributed by atoms with van der Waals surface area (Å²) in [6.07, 6.45) is 3.64. The molecule has 0 fully saturated rings. The molecule has 0 atom stereocenters. The van der Waals surface area contributed by atoms with E-state index >= 15 is 0 Å². The number of phenolic OH excluding ortho intramolecular Hbond substituents is 1. The summed E-state index contributed by atoms with van der Waals surface area (Å²) < 4.78 is 0. The van der Waals surface area contributed by atoms with Crippen LogP contribution in [0.1, 0.15) is 47.1 Å². The Bertz CT molecular complexity index is 736. The predicted molar refractivity (Wildman–Crippen MR) is 111 cm³/mol. The summed E-state index contributed by atoms with van der Waals surface area (Å²) in [6, 6.07) is 14.1. The van der Waals surface area contributed by atoms with E-state index < -0.39 is 0 Å². The van der Waals surface area contributed by atoms with Crippen molar-refractivity contribution in [3.8, 4) is 16.9 Å². The van der Waals surface area contributed by atoms with Crippen molar-refractivity contribution in [2.24, 2.45) is 0 Å². The van der Waals surface area contributed by atoms with E-state index in [1.54, 1.807) is 6.08 Å². The topological polar surface area (TPSA) is 32.3 Å². The van der Waals surface area contributed by atoms with Gasteiger partial charge in [0.05, 0.1) is 5.69 Å². The quantitative estimate of drug-likeness (QED) is 0.470. The van der Waals surface area contributed by atoms with Crippen molar-refractivity contribution in [3.05, 3.63) is 72.5 Å². The molecule has 0 aliphatic carbocycles. The highest BCUT2D eigenvalue weighted by atomic mass is 16.3. The van der Waals surface area contributed by atoms with Crippen LogP contribution in [0.25, 0.3) is 11.1 Å². The lowest BCUT2D eigenvalue weighted by atomic mass is 9.85. The zero-order valence-corrected chi connectivity index (χ0v) is 16.4. The van der Waals surface area contributed by atoms with E-state index in [1.807, 2.05) is 57.2 Å². The first kappa shape index (κ1) is 20.6. The second-order valence-corrected chi connectivity index (χ2v) is 6.61. The van der Waals surface area contributed by atoms with Crippen molar-refractivity contribution in [3.63, 3.8) is 0 Å². The van der Waals surface area contributed by atoms with Crippen LogP contribution < -0.4 is 5.32 Å². The van der Waals surface area contributed by atoms with Crippen LogP contribution in [-0.4, -0.2) is 5.11 Å². The van der Waals surface area contributed by atoms with Crippen molar-refractivity contribution < 1.29 is 5.11 Å². The van der Waals surface area contributed by atoms with Crippen molar-refractivity contribution >= 4 is 5.69 Å². The number of aromatic hydroxyl groups is 1.